The number of hydrogen-bond donors (Lipinski definition) is 1. The van der Waals surface area contributed by atoms with Gasteiger partial charge in [-0.2, -0.15) is 0 Å². The first kappa shape index (κ1) is 12.4. The summed E-state index contributed by atoms with van der Waals surface area (Å²) in [5.74, 6) is -1.01. The van der Waals surface area contributed by atoms with Crippen molar-refractivity contribution in [2.45, 2.75) is 19.4 Å². The average molecular weight is 321 g/mol. The Hall–Kier alpha value is -1.62. The number of carboxylic acid groups (broad SMARTS) is 1. The van der Waals surface area contributed by atoms with Gasteiger partial charge in [0, 0.05) is 22.3 Å². The lowest BCUT2D eigenvalue weighted by molar-refractivity contribution is -0.142. The molecule has 0 bridgehead atoms. The zero-order chi connectivity index (χ0) is 13.4. The molecule has 2 aromatic rings. The predicted octanol–water partition coefficient (Wildman–Crippen LogP) is 2.96. The van der Waals surface area contributed by atoms with Crippen molar-refractivity contribution < 1.29 is 9.90 Å². The normalized spacial score (nSPS) is 18.1. The highest BCUT2D eigenvalue weighted by Gasteiger charge is 2.26. The van der Waals surface area contributed by atoms with Crippen molar-refractivity contribution in [1.29, 1.82) is 0 Å². The Morgan fingerprint density at radius 1 is 1.47 bits per heavy atom. The van der Waals surface area contributed by atoms with Gasteiger partial charge in [0.1, 0.15) is 0 Å². The van der Waals surface area contributed by atoms with E-state index in [4.69, 9.17) is 5.11 Å². The maximum Gasteiger partial charge on any atom is 0.308 e. The largest absolute Gasteiger partial charge is 0.481 e. The van der Waals surface area contributed by atoms with E-state index in [-0.39, 0.29) is 5.92 Å². The molecule has 0 fully saturated rings. The number of aliphatic carboxylic acids is 1. The van der Waals surface area contributed by atoms with Crippen molar-refractivity contribution in [2.75, 3.05) is 0 Å². The third kappa shape index (κ3) is 2.30. The summed E-state index contributed by atoms with van der Waals surface area (Å²) in [7, 11) is 0. The molecule has 1 aromatic carbocycles. The Morgan fingerprint density at radius 2 is 2.32 bits per heavy atom. The molecule has 4 nitrogen and oxygen atoms in total. The van der Waals surface area contributed by atoms with E-state index in [9.17, 15) is 4.79 Å². The number of aromatic nitrogens is 2. The SMILES string of the molecule is O=C(O)C1CCc2c(-c3cccc(Br)c3)ncn2C1. The van der Waals surface area contributed by atoms with Gasteiger partial charge in [-0.3, -0.25) is 4.79 Å². The average Bonchev–Trinajstić information content (AvgIpc) is 2.81. The summed E-state index contributed by atoms with van der Waals surface area (Å²) in [6, 6.07) is 8.02. The fourth-order valence-electron chi connectivity index (χ4n) is 2.55. The van der Waals surface area contributed by atoms with Crippen LogP contribution in [0, 0.1) is 5.92 Å². The van der Waals surface area contributed by atoms with Crippen molar-refractivity contribution in [3.05, 3.63) is 40.8 Å². The van der Waals surface area contributed by atoms with Crippen LogP contribution in [0.15, 0.2) is 35.1 Å². The lowest BCUT2D eigenvalue weighted by Crippen LogP contribution is -2.26. The third-order valence-electron chi connectivity index (χ3n) is 3.54. The summed E-state index contributed by atoms with van der Waals surface area (Å²) in [5, 5.41) is 9.08. The lowest BCUT2D eigenvalue weighted by Gasteiger charge is -2.21. The highest BCUT2D eigenvalue weighted by Crippen LogP contribution is 2.30. The van der Waals surface area contributed by atoms with Gasteiger partial charge >= 0.3 is 5.97 Å². The molecule has 1 unspecified atom stereocenters. The molecule has 0 aliphatic carbocycles. The smallest absolute Gasteiger partial charge is 0.308 e. The fourth-order valence-corrected chi connectivity index (χ4v) is 2.94. The van der Waals surface area contributed by atoms with Crippen LogP contribution in [-0.4, -0.2) is 20.6 Å². The van der Waals surface area contributed by atoms with Gasteiger partial charge in [0.2, 0.25) is 0 Å². The Kier molecular flexibility index (Phi) is 3.14. The van der Waals surface area contributed by atoms with Crippen molar-refractivity contribution >= 4 is 21.9 Å². The third-order valence-corrected chi connectivity index (χ3v) is 4.03. The van der Waals surface area contributed by atoms with Gasteiger partial charge in [0.15, 0.2) is 0 Å². The van der Waals surface area contributed by atoms with E-state index in [1.165, 1.54) is 0 Å². The maximum atomic E-state index is 11.0. The highest BCUT2D eigenvalue weighted by atomic mass is 79.9. The van der Waals surface area contributed by atoms with Crippen LogP contribution in [0.25, 0.3) is 11.3 Å². The van der Waals surface area contributed by atoms with Gasteiger partial charge in [0.05, 0.1) is 17.9 Å². The minimum Gasteiger partial charge on any atom is -0.481 e. The number of rotatable bonds is 2. The second-order valence-corrected chi connectivity index (χ2v) is 5.69. The molecule has 1 aromatic heterocycles. The number of carboxylic acids is 1. The molecule has 1 N–H and O–H groups in total. The van der Waals surface area contributed by atoms with Crippen LogP contribution < -0.4 is 0 Å². The van der Waals surface area contributed by atoms with Crippen molar-refractivity contribution in [1.82, 2.24) is 9.55 Å². The van der Waals surface area contributed by atoms with Gasteiger partial charge in [-0.1, -0.05) is 28.1 Å². The first-order valence-corrected chi connectivity index (χ1v) is 6.97. The summed E-state index contributed by atoms with van der Waals surface area (Å²) < 4.78 is 2.99. The molecule has 19 heavy (non-hydrogen) atoms. The van der Waals surface area contributed by atoms with Crippen LogP contribution >= 0.6 is 15.9 Å². The minimum absolute atomic E-state index is 0.294. The zero-order valence-corrected chi connectivity index (χ0v) is 11.8. The number of imidazole rings is 1. The monoisotopic (exact) mass is 320 g/mol. The van der Waals surface area contributed by atoms with Crippen LogP contribution in [0.5, 0.6) is 0 Å². The summed E-state index contributed by atoms with van der Waals surface area (Å²) in [6.45, 7) is 0.520. The molecule has 1 aliphatic rings. The van der Waals surface area contributed by atoms with Gasteiger partial charge in [-0.25, -0.2) is 4.98 Å². The number of benzene rings is 1. The van der Waals surface area contributed by atoms with E-state index >= 15 is 0 Å². The van der Waals surface area contributed by atoms with E-state index in [2.05, 4.69) is 20.9 Å². The Labute approximate surface area is 119 Å². The quantitative estimate of drug-likeness (QED) is 0.925. The highest BCUT2D eigenvalue weighted by molar-refractivity contribution is 9.10. The van der Waals surface area contributed by atoms with Crippen LogP contribution in [0.1, 0.15) is 12.1 Å². The zero-order valence-electron chi connectivity index (χ0n) is 10.2. The fraction of sp³-hybridized carbons (Fsp3) is 0.286. The molecule has 0 saturated heterocycles. The van der Waals surface area contributed by atoms with E-state index in [1.54, 1.807) is 6.33 Å². The standard InChI is InChI=1S/C14H13BrN2O2/c15-11-3-1-2-9(6-11)13-12-5-4-10(14(18)19)7-17(12)8-16-13/h1-3,6,8,10H,4-5,7H2,(H,18,19). The second kappa shape index (κ2) is 4.81. The first-order valence-electron chi connectivity index (χ1n) is 6.18. The van der Waals surface area contributed by atoms with Crippen molar-refractivity contribution in [3.8, 4) is 11.3 Å². The molecular formula is C14H13BrN2O2. The molecule has 5 heteroatoms. The summed E-state index contributed by atoms with van der Waals surface area (Å²) in [5.41, 5.74) is 3.16. The van der Waals surface area contributed by atoms with Crippen LogP contribution in [0.4, 0.5) is 0 Å². The number of hydrogen-bond acceptors (Lipinski definition) is 2. The van der Waals surface area contributed by atoms with Crippen LogP contribution in [0.3, 0.4) is 0 Å². The molecule has 0 spiro atoms. The molecule has 0 amide bonds. The first-order chi connectivity index (χ1) is 9.15. The minimum atomic E-state index is -0.719. The molecule has 1 aliphatic heterocycles. The van der Waals surface area contributed by atoms with Crippen LogP contribution in [-0.2, 0) is 17.8 Å². The van der Waals surface area contributed by atoms with Gasteiger partial charge < -0.3 is 9.67 Å². The maximum absolute atomic E-state index is 11.0. The second-order valence-electron chi connectivity index (χ2n) is 4.78. The number of carbonyl (C=O) groups is 1. The van der Waals surface area contributed by atoms with E-state index < -0.39 is 5.97 Å². The number of halogens is 1. The van der Waals surface area contributed by atoms with Crippen LogP contribution in [0.2, 0.25) is 0 Å². The molecule has 3 rings (SSSR count). The summed E-state index contributed by atoms with van der Waals surface area (Å²) in [6.07, 6.45) is 3.20. The molecular weight excluding hydrogens is 308 g/mol. The predicted molar refractivity (Wildman–Crippen MR) is 74.8 cm³/mol. The topological polar surface area (TPSA) is 55.1 Å². The van der Waals surface area contributed by atoms with Gasteiger partial charge in [0.25, 0.3) is 0 Å². The summed E-state index contributed by atoms with van der Waals surface area (Å²) >= 11 is 3.46. The van der Waals surface area contributed by atoms with Gasteiger partial charge in [-0.15, -0.1) is 0 Å². The summed E-state index contributed by atoms with van der Waals surface area (Å²) in [4.78, 5) is 15.5. The molecule has 1 atom stereocenters. The van der Waals surface area contributed by atoms with E-state index in [0.29, 0.717) is 13.0 Å². The van der Waals surface area contributed by atoms with Gasteiger partial charge in [-0.05, 0) is 25.0 Å². The van der Waals surface area contributed by atoms with E-state index in [0.717, 1.165) is 27.8 Å². The Balaban J connectivity index is 1.97. The lowest BCUT2D eigenvalue weighted by atomic mass is 9.96. The van der Waals surface area contributed by atoms with Crippen molar-refractivity contribution in [2.24, 2.45) is 5.92 Å². The van der Waals surface area contributed by atoms with E-state index in [1.807, 2.05) is 28.8 Å². The molecule has 0 saturated carbocycles. The molecule has 98 valence electrons. The van der Waals surface area contributed by atoms with Crippen molar-refractivity contribution in [3.63, 3.8) is 0 Å². The Morgan fingerprint density at radius 3 is 3.05 bits per heavy atom. The number of nitrogens with zero attached hydrogens (tertiary/aromatic N) is 2. The Bertz CT molecular complexity index is 636. The number of fused-ring (bicyclic) bond motifs is 1. The molecule has 0 radical (unpaired) electrons. The molecule has 2 heterocycles.